The smallest absolute Gasteiger partial charge is 0.172 e. The zero-order valence-electron chi connectivity index (χ0n) is 12.3. The first kappa shape index (κ1) is 14.1. The van der Waals surface area contributed by atoms with Crippen molar-refractivity contribution in [3.8, 4) is 5.75 Å². The van der Waals surface area contributed by atoms with Crippen molar-refractivity contribution in [3.05, 3.63) is 35.7 Å². The van der Waals surface area contributed by atoms with Gasteiger partial charge >= 0.3 is 0 Å². The van der Waals surface area contributed by atoms with Gasteiger partial charge in [-0.15, -0.1) is 0 Å². The fraction of sp³-hybridized carbons (Fsp3) is 0.529. The lowest BCUT2D eigenvalue weighted by molar-refractivity contribution is 0.225. The summed E-state index contributed by atoms with van der Waals surface area (Å²) in [6, 6.07) is 5.37. The van der Waals surface area contributed by atoms with Gasteiger partial charge in [0.05, 0.1) is 7.11 Å². The van der Waals surface area contributed by atoms with Gasteiger partial charge in [-0.25, -0.2) is 4.39 Å². The number of rotatable bonds is 2. The van der Waals surface area contributed by atoms with Crippen LogP contribution in [0.1, 0.15) is 45.6 Å². The maximum absolute atomic E-state index is 14.2. The van der Waals surface area contributed by atoms with Crippen LogP contribution in [-0.2, 0) is 0 Å². The number of allylic oxidation sites excluding steroid dienone is 2. The van der Waals surface area contributed by atoms with Crippen LogP contribution in [0.2, 0.25) is 0 Å². The first-order chi connectivity index (χ1) is 8.93. The molecule has 1 aliphatic rings. The molecule has 1 atom stereocenters. The molecule has 0 bridgehead atoms. The summed E-state index contributed by atoms with van der Waals surface area (Å²) >= 11 is 0. The lowest BCUT2D eigenvalue weighted by Gasteiger charge is -2.33. The molecule has 19 heavy (non-hydrogen) atoms. The standard InChI is InChI=1S/C17H23FO/c1-17(2,3)13-10-8-12(9-11-13)14-6-5-7-15(19-4)16(14)18/h5-8,13H,9-11H2,1-4H3. The third kappa shape index (κ3) is 2.99. The second-order valence-electron chi connectivity index (χ2n) is 6.39. The Hall–Kier alpha value is -1.31. The molecule has 0 radical (unpaired) electrons. The van der Waals surface area contributed by atoms with E-state index < -0.39 is 0 Å². The molecule has 1 aromatic carbocycles. The van der Waals surface area contributed by atoms with Gasteiger partial charge in [0.1, 0.15) is 0 Å². The molecular weight excluding hydrogens is 239 g/mol. The minimum atomic E-state index is -0.231. The van der Waals surface area contributed by atoms with Gasteiger partial charge < -0.3 is 4.74 Å². The van der Waals surface area contributed by atoms with Crippen molar-refractivity contribution in [1.29, 1.82) is 0 Å². The zero-order valence-corrected chi connectivity index (χ0v) is 12.3. The number of ether oxygens (including phenoxy) is 1. The highest BCUT2D eigenvalue weighted by Crippen LogP contribution is 2.40. The molecule has 0 amide bonds. The largest absolute Gasteiger partial charge is 0.494 e. The van der Waals surface area contributed by atoms with E-state index in [2.05, 4.69) is 26.8 Å². The maximum Gasteiger partial charge on any atom is 0.172 e. The van der Waals surface area contributed by atoms with Gasteiger partial charge in [-0.05, 0) is 42.2 Å². The monoisotopic (exact) mass is 262 g/mol. The Morgan fingerprint density at radius 1 is 1.26 bits per heavy atom. The topological polar surface area (TPSA) is 9.23 Å². The lowest BCUT2D eigenvalue weighted by atomic mass is 9.72. The lowest BCUT2D eigenvalue weighted by Crippen LogP contribution is -2.22. The minimum Gasteiger partial charge on any atom is -0.494 e. The molecule has 0 aliphatic heterocycles. The molecular formula is C17H23FO. The Morgan fingerprint density at radius 3 is 2.53 bits per heavy atom. The minimum absolute atomic E-state index is 0.231. The third-order valence-corrected chi connectivity index (χ3v) is 4.16. The van der Waals surface area contributed by atoms with E-state index in [-0.39, 0.29) is 5.82 Å². The van der Waals surface area contributed by atoms with Gasteiger partial charge in [-0.3, -0.25) is 0 Å². The quantitative estimate of drug-likeness (QED) is 0.723. The van der Waals surface area contributed by atoms with Crippen molar-refractivity contribution in [3.63, 3.8) is 0 Å². The zero-order chi connectivity index (χ0) is 14.0. The van der Waals surface area contributed by atoms with Crippen molar-refractivity contribution < 1.29 is 9.13 Å². The number of halogens is 1. The molecule has 1 unspecified atom stereocenters. The van der Waals surface area contributed by atoms with E-state index in [1.54, 1.807) is 6.07 Å². The Morgan fingerprint density at radius 2 is 2.00 bits per heavy atom. The maximum atomic E-state index is 14.2. The molecule has 0 saturated heterocycles. The van der Waals surface area contributed by atoms with Gasteiger partial charge in [0.25, 0.3) is 0 Å². The highest BCUT2D eigenvalue weighted by molar-refractivity contribution is 5.68. The molecule has 0 heterocycles. The fourth-order valence-electron chi connectivity index (χ4n) is 2.78. The number of hydrogen-bond donors (Lipinski definition) is 0. The predicted octanol–water partition coefficient (Wildman–Crippen LogP) is 5.06. The van der Waals surface area contributed by atoms with E-state index in [1.807, 2.05) is 12.1 Å². The van der Waals surface area contributed by atoms with Crippen molar-refractivity contribution >= 4 is 5.57 Å². The Labute approximate surface area is 115 Å². The van der Waals surface area contributed by atoms with Crippen molar-refractivity contribution in [2.24, 2.45) is 11.3 Å². The van der Waals surface area contributed by atoms with Gasteiger partial charge in [0.2, 0.25) is 0 Å². The Kier molecular flexibility index (Phi) is 3.98. The van der Waals surface area contributed by atoms with E-state index in [0.29, 0.717) is 22.6 Å². The average molecular weight is 262 g/mol. The summed E-state index contributed by atoms with van der Waals surface area (Å²) in [4.78, 5) is 0. The highest BCUT2D eigenvalue weighted by atomic mass is 19.1. The van der Waals surface area contributed by atoms with E-state index in [9.17, 15) is 4.39 Å². The molecule has 0 spiro atoms. The SMILES string of the molecule is COc1cccc(C2=CCC(C(C)(C)C)CC2)c1F. The van der Waals surface area contributed by atoms with E-state index >= 15 is 0 Å². The van der Waals surface area contributed by atoms with Crippen LogP contribution in [0.25, 0.3) is 5.57 Å². The Balaban J connectivity index is 2.23. The first-order valence-electron chi connectivity index (χ1n) is 6.95. The predicted molar refractivity (Wildman–Crippen MR) is 77.7 cm³/mol. The number of benzene rings is 1. The summed E-state index contributed by atoms with van der Waals surface area (Å²) in [5.74, 6) is 0.784. The summed E-state index contributed by atoms with van der Waals surface area (Å²) in [7, 11) is 1.51. The van der Waals surface area contributed by atoms with Gasteiger partial charge in [0.15, 0.2) is 11.6 Å². The van der Waals surface area contributed by atoms with E-state index in [1.165, 1.54) is 7.11 Å². The summed E-state index contributed by atoms with van der Waals surface area (Å²) in [6.45, 7) is 6.84. The molecule has 0 aromatic heterocycles. The van der Waals surface area contributed by atoms with Crippen molar-refractivity contribution in [1.82, 2.24) is 0 Å². The van der Waals surface area contributed by atoms with E-state index in [4.69, 9.17) is 4.74 Å². The van der Waals surface area contributed by atoms with Crippen LogP contribution in [0.3, 0.4) is 0 Å². The third-order valence-electron chi connectivity index (χ3n) is 4.16. The van der Waals surface area contributed by atoms with Crippen LogP contribution in [0.5, 0.6) is 5.75 Å². The molecule has 0 saturated carbocycles. The number of methoxy groups -OCH3 is 1. The van der Waals surface area contributed by atoms with Crippen LogP contribution in [0, 0.1) is 17.2 Å². The molecule has 104 valence electrons. The van der Waals surface area contributed by atoms with Gasteiger partial charge in [-0.1, -0.05) is 39.0 Å². The first-order valence-corrected chi connectivity index (χ1v) is 6.95. The summed E-state index contributed by atoms with van der Waals surface area (Å²) in [5, 5.41) is 0. The summed E-state index contributed by atoms with van der Waals surface area (Å²) in [6.07, 6.45) is 5.32. The van der Waals surface area contributed by atoms with Crippen LogP contribution >= 0.6 is 0 Å². The number of hydrogen-bond acceptors (Lipinski definition) is 1. The molecule has 0 fully saturated rings. The molecule has 1 nitrogen and oxygen atoms in total. The normalized spacial score (nSPS) is 20.1. The Bertz CT molecular complexity index is 483. The van der Waals surface area contributed by atoms with E-state index in [0.717, 1.165) is 24.8 Å². The highest BCUT2D eigenvalue weighted by Gasteiger charge is 2.27. The van der Waals surface area contributed by atoms with Crippen LogP contribution in [0.4, 0.5) is 4.39 Å². The van der Waals surface area contributed by atoms with Crippen molar-refractivity contribution in [2.45, 2.75) is 40.0 Å². The molecule has 1 aromatic rings. The second kappa shape index (κ2) is 5.36. The van der Waals surface area contributed by atoms with Crippen LogP contribution in [-0.4, -0.2) is 7.11 Å². The van der Waals surface area contributed by atoms with Crippen LogP contribution in [0.15, 0.2) is 24.3 Å². The summed E-state index contributed by atoms with van der Waals surface area (Å²) in [5.41, 5.74) is 2.15. The molecule has 2 heteroatoms. The molecule has 2 rings (SSSR count). The van der Waals surface area contributed by atoms with Gasteiger partial charge in [0, 0.05) is 5.56 Å². The van der Waals surface area contributed by atoms with Gasteiger partial charge in [-0.2, -0.15) is 0 Å². The second-order valence-corrected chi connectivity index (χ2v) is 6.39. The van der Waals surface area contributed by atoms with Crippen LogP contribution < -0.4 is 4.74 Å². The summed E-state index contributed by atoms with van der Waals surface area (Å²) < 4.78 is 19.3. The molecule has 0 N–H and O–H groups in total. The fourth-order valence-corrected chi connectivity index (χ4v) is 2.78. The average Bonchev–Trinajstić information content (AvgIpc) is 2.38. The molecule has 1 aliphatic carbocycles. The van der Waals surface area contributed by atoms with Crippen molar-refractivity contribution in [2.75, 3.05) is 7.11 Å².